The molecule has 0 unspecified atom stereocenters. The van der Waals surface area contributed by atoms with Crippen LogP contribution in [0.25, 0.3) is 0 Å². The lowest BCUT2D eigenvalue weighted by molar-refractivity contribution is -0.159. The number of carbonyl (C=O) groups is 6. The van der Waals surface area contributed by atoms with Crippen molar-refractivity contribution in [2.24, 2.45) is 40.9 Å². The largest absolute Gasteiger partial charge is 0.510 e. The van der Waals surface area contributed by atoms with Crippen LogP contribution in [0.3, 0.4) is 0 Å². The summed E-state index contributed by atoms with van der Waals surface area (Å²) in [4.78, 5) is 81.4. The topological polar surface area (TPSA) is 384 Å². The average molecular weight is 817 g/mol. The summed E-state index contributed by atoms with van der Waals surface area (Å²) >= 11 is 0. The van der Waals surface area contributed by atoms with Crippen LogP contribution in [0.5, 0.6) is 11.5 Å². The summed E-state index contributed by atoms with van der Waals surface area (Å²) in [6, 6.07) is 2.85. The maximum atomic E-state index is 14.2. The van der Waals surface area contributed by atoms with Crippen LogP contribution in [-0.4, -0.2) is 124 Å². The second-order valence-corrected chi connectivity index (χ2v) is 15.4. The molecule has 16 N–H and O–H groups in total. The van der Waals surface area contributed by atoms with Gasteiger partial charge in [0.25, 0.3) is 11.8 Å². The molecule has 20 heteroatoms. The molecule has 20 nitrogen and oxygen atoms in total. The second kappa shape index (κ2) is 12.8. The number of phenolic OH excluding ortho intramolecular Hbond substituents is 2. The lowest BCUT2D eigenvalue weighted by Crippen LogP contribution is -2.68. The Labute approximate surface area is 330 Å². The van der Waals surface area contributed by atoms with Gasteiger partial charge in [-0.25, -0.2) is 0 Å². The number of methoxy groups -OCH3 is 1. The fourth-order valence-electron chi connectivity index (χ4n) is 10.0. The Morgan fingerprint density at radius 2 is 1.27 bits per heavy atom. The number of aliphatic hydroxyl groups is 7. The quantitative estimate of drug-likeness (QED) is 0.118. The van der Waals surface area contributed by atoms with Crippen LogP contribution in [0, 0.1) is 23.7 Å². The number of anilines is 1. The van der Waals surface area contributed by atoms with Gasteiger partial charge in [-0.2, -0.15) is 0 Å². The normalized spacial score (nSPS) is 33.8. The molecule has 0 spiro atoms. The minimum absolute atomic E-state index is 0.0786. The van der Waals surface area contributed by atoms with E-state index in [9.17, 15) is 74.7 Å². The molecule has 0 heterocycles. The van der Waals surface area contributed by atoms with Gasteiger partial charge in [0.05, 0.1) is 52.9 Å². The molecule has 6 aliphatic rings. The first kappa shape index (κ1) is 39.4. The molecular weight excluding hydrogens is 780 g/mol. The Hall–Kier alpha value is -6.42. The third kappa shape index (κ3) is 4.80. The Balaban J connectivity index is 1.17. The molecule has 0 saturated carbocycles. The number of carbonyl (C=O) groups excluding carboxylic acids is 6. The highest BCUT2D eigenvalue weighted by Crippen LogP contribution is 2.54. The van der Waals surface area contributed by atoms with Gasteiger partial charge in [0.2, 0.25) is 11.6 Å². The van der Waals surface area contributed by atoms with E-state index in [1.165, 1.54) is 24.3 Å². The standard InChI is InChI=1S/C39H36N4O16/c1-59-31-12-8-10-5-6-13(26(46)16(10)28(48)18(12)33(52)39(58)22(31)24(41)29(49)19(34(39)53)36(42)55)43-37(56)20-30(50)23(40)21-25(45)11-7-9-3-2-4-14(44)15(9)27(47)17(11)32(51)38(21,57)35(20)54/h2-6,11-12,21-25,31,44-46,49-52,57-58H,7-8,40-41H2,1H3,(H2,42,55)(H,43,56)/t11-,12-,21-,22-,23+,24+,25-,31-,38+,39+/m1/s1. The molecule has 10 atom stereocenters. The van der Waals surface area contributed by atoms with Crippen molar-refractivity contribution in [3.05, 3.63) is 97.9 Å². The number of hydrogen-bond acceptors (Lipinski definition) is 18. The molecule has 308 valence electrons. The number of Topliss-reactive ketones (excluding diaryl/α,β-unsaturated/α-hetero) is 4. The third-order valence-electron chi connectivity index (χ3n) is 12.7. The minimum atomic E-state index is -3.27. The molecule has 0 aliphatic heterocycles. The smallest absolute Gasteiger partial charge is 0.263 e. The number of ether oxygens (including phenoxy) is 1. The van der Waals surface area contributed by atoms with E-state index < -0.39 is 162 Å². The number of amides is 2. The second-order valence-electron chi connectivity index (χ2n) is 15.4. The van der Waals surface area contributed by atoms with E-state index in [2.05, 4.69) is 5.32 Å². The Morgan fingerprint density at radius 1 is 0.746 bits per heavy atom. The van der Waals surface area contributed by atoms with Crippen molar-refractivity contribution in [1.82, 2.24) is 0 Å². The number of rotatable bonds is 4. The van der Waals surface area contributed by atoms with Crippen LogP contribution in [0.1, 0.15) is 31.8 Å². The molecule has 2 aromatic carbocycles. The van der Waals surface area contributed by atoms with E-state index >= 15 is 0 Å². The molecule has 2 aromatic rings. The fraction of sp³-hybridized carbons (Fsp3) is 0.333. The highest BCUT2D eigenvalue weighted by atomic mass is 16.5. The monoisotopic (exact) mass is 816 g/mol. The zero-order valence-electron chi connectivity index (χ0n) is 30.5. The van der Waals surface area contributed by atoms with Crippen LogP contribution >= 0.6 is 0 Å². The highest BCUT2D eigenvalue weighted by molar-refractivity contribution is 6.29. The summed E-state index contributed by atoms with van der Waals surface area (Å²) in [5, 5.41) is 104. The minimum Gasteiger partial charge on any atom is -0.510 e. The van der Waals surface area contributed by atoms with E-state index in [1.807, 2.05) is 0 Å². The van der Waals surface area contributed by atoms with E-state index in [4.69, 9.17) is 21.9 Å². The van der Waals surface area contributed by atoms with E-state index in [-0.39, 0.29) is 29.5 Å². The molecule has 0 aromatic heterocycles. The average Bonchev–Trinajstić information content (AvgIpc) is 3.17. The molecule has 0 fully saturated rings. The number of nitrogens with one attached hydrogen (secondary N) is 1. The Morgan fingerprint density at radius 3 is 1.90 bits per heavy atom. The molecular formula is C39H36N4O16. The Kier molecular flexibility index (Phi) is 8.54. The van der Waals surface area contributed by atoms with Crippen LogP contribution < -0.4 is 22.5 Å². The van der Waals surface area contributed by atoms with E-state index in [0.29, 0.717) is 0 Å². The van der Waals surface area contributed by atoms with E-state index in [1.54, 1.807) is 0 Å². The van der Waals surface area contributed by atoms with Gasteiger partial charge in [-0.15, -0.1) is 0 Å². The summed E-state index contributed by atoms with van der Waals surface area (Å²) in [5.74, 6) is -20.7. The fourth-order valence-corrected chi connectivity index (χ4v) is 10.0. The number of benzene rings is 2. The molecule has 8 rings (SSSR count). The predicted molar refractivity (Wildman–Crippen MR) is 195 cm³/mol. The van der Waals surface area contributed by atoms with Gasteiger partial charge in [0.1, 0.15) is 39.9 Å². The van der Waals surface area contributed by atoms with Crippen molar-refractivity contribution in [2.45, 2.75) is 48.3 Å². The van der Waals surface area contributed by atoms with Gasteiger partial charge in [-0.05, 0) is 36.1 Å². The third-order valence-corrected chi connectivity index (χ3v) is 12.7. The highest BCUT2D eigenvalue weighted by Gasteiger charge is 2.67. The lowest BCUT2D eigenvalue weighted by atomic mass is 9.57. The van der Waals surface area contributed by atoms with Crippen molar-refractivity contribution in [2.75, 3.05) is 12.4 Å². The molecule has 59 heavy (non-hydrogen) atoms. The van der Waals surface area contributed by atoms with Gasteiger partial charge in [0.15, 0.2) is 28.5 Å². The number of aliphatic hydroxyl groups excluding tert-OH is 5. The van der Waals surface area contributed by atoms with Gasteiger partial charge in [-0.3, -0.25) is 28.8 Å². The van der Waals surface area contributed by atoms with Crippen molar-refractivity contribution in [3.63, 3.8) is 0 Å². The number of primary amides is 1. The summed E-state index contributed by atoms with van der Waals surface area (Å²) in [5.41, 5.74) is 6.52. The summed E-state index contributed by atoms with van der Waals surface area (Å²) in [7, 11) is 1.14. The van der Waals surface area contributed by atoms with Crippen LogP contribution in [-0.2, 0) is 36.8 Å². The zero-order chi connectivity index (χ0) is 43.1. The molecule has 0 saturated heterocycles. The lowest BCUT2D eigenvalue weighted by Gasteiger charge is -2.51. The number of ketones is 4. The van der Waals surface area contributed by atoms with E-state index in [0.717, 1.165) is 13.2 Å². The predicted octanol–water partition coefficient (Wildman–Crippen LogP) is -1.90. The Bertz CT molecular complexity index is 2540. The maximum Gasteiger partial charge on any atom is 0.263 e. The maximum absolute atomic E-state index is 14.2. The van der Waals surface area contributed by atoms with Gasteiger partial charge >= 0.3 is 0 Å². The van der Waals surface area contributed by atoms with Crippen LogP contribution in [0.2, 0.25) is 0 Å². The summed E-state index contributed by atoms with van der Waals surface area (Å²) < 4.78 is 5.57. The van der Waals surface area contributed by atoms with Crippen molar-refractivity contribution >= 4 is 40.6 Å². The first-order valence-electron chi connectivity index (χ1n) is 18.0. The van der Waals surface area contributed by atoms with Gasteiger partial charge in [-0.1, -0.05) is 18.2 Å². The van der Waals surface area contributed by atoms with Crippen LogP contribution in [0.4, 0.5) is 5.69 Å². The first-order chi connectivity index (χ1) is 27.7. The molecule has 2 amide bonds. The van der Waals surface area contributed by atoms with Gasteiger partial charge < -0.3 is 73.2 Å². The molecule has 0 bridgehead atoms. The number of fused-ring (bicyclic) bond motifs is 6. The number of nitrogens with two attached hydrogens (primary N) is 3. The van der Waals surface area contributed by atoms with Crippen LogP contribution in [0.15, 0.2) is 75.7 Å². The van der Waals surface area contributed by atoms with Crippen molar-refractivity contribution in [3.8, 4) is 11.5 Å². The van der Waals surface area contributed by atoms with Crippen molar-refractivity contribution in [1.29, 1.82) is 0 Å². The number of hydrogen-bond donors (Lipinski definition) is 13. The summed E-state index contributed by atoms with van der Waals surface area (Å²) in [6.45, 7) is 0. The SMILES string of the molecule is CO[C@H]1[C@H]2[C@H](N)C(O)=C(C(N)=O)C(=O)[C@@]2(O)C(O)=C2C(=O)c3c(ccc(NC(=O)C4=C(O)[C@@H](N)[C@@H]5[C@H](O)[C@@H]6Cc7cccc(O)c7C(=O)C6=C(O)[C@]5(O)C4=O)c3O)C[C@H]21. The molecule has 0 radical (unpaired) electrons. The molecule has 6 aliphatic carbocycles. The first-order valence-corrected chi connectivity index (χ1v) is 18.0. The zero-order valence-corrected chi connectivity index (χ0v) is 30.5. The number of aromatic hydroxyl groups is 2. The van der Waals surface area contributed by atoms with Crippen molar-refractivity contribution < 1.29 is 79.5 Å². The number of phenols is 2. The van der Waals surface area contributed by atoms with Gasteiger partial charge in [0, 0.05) is 30.1 Å². The summed E-state index contributed by atoms with van der Waals surface area (Å²) in [6.07, 6.45) is -3.64.